The van der Waals surface area contributed by atoms with Crippen LogP contribution in [0.3, 0.4) is 0 Å². The molecule has 0 spiro atoms. The van der Waals surface area contributed by atoms with Gasteiger partial charge in [-0.2, -0.15) is 0 Å². The maximum atomic E-state index is 11.6. The first-order valence-electron chi connectivity index (χ1n) is 6.36. The highest BCUT2D eigenvalue weighted by atomic mass is 35.5. The average molecular weight is 269 g/mol. The number of benzene rings is 1. The van der Waals surface area contributed by atoms with Crippen LogP contribution in [0.2, 0.25) is 0 Å². The largest absolute Gasteiger partial charge is 0.355 e. The van der Waals surface area contributed by atoms with E-state index < -0.39 is 0 Å². The Balaban J connectivity index is 0.00000162. The van der Waals surface area contributed by atoms with E-state index in [4.69, 9.17) is 0 Å². The van der Waals surface area contributed by atoms with Crippen molar-refractivity contribution in [3.8, 4) is 0 Å². The molecule has 0 bridgehead atoms. The highest BCUT2D eigenvalue weighted by molar-refractivity contribution is 5.85. The van der Waals surface area contributed by atoms with Crippen LogP contribution >= 0.6 is 12.4 Å². The molecule has 1 aromatic rings. The Labute approximate surface area is 115 Å². The Morgan fingerprint density at radius 2 is 1.89 bits per heavy atom. The second-order valence-corrected chi connectivity index (χ2v) is 4.57. The standard InChI is InChI=1S/C14H20N2O.ClH/c1-2-11-3-5-12(6-4-11)7-8-16-14(17)13-9-15-10-13;/h3-6,13,15H,2,7-10H2,1H3,(H,16,17);1H. The molecule has 4 heteroatoms. The molecule has 0 atom stereocenters. The van der Waals surface area contributed by atoms with E-state index in [1.54, 1.807) is 0 Å². The molecule has 1 fully saturated rings. The molecule has 1 saturated heterocycles. The summed E-state index contributed by atoms with van der Waals surface area (Å²) in [6.07, 6.45) is 1.99. The van der Waals surface area contributed by atoms with E-state index >= 15 is 0 Å². The molecule has 2 N–H and O–H groups in total. The summed E-state index contributed by atoms with van der Waals surface area (Å²) in [5.74, 6) is 0.381. The number of amides is 1. The first-order valence-corrected chi connectivity index (χ1v) is 6.36. The molecule has 0 aliphatic carbocycles. The monoisotopic (exact) mass is 268 g/mol. The Kier molecular flexibility index (Phi) is 6.16. The number of halogens is 1. The van der Waals surface area contributed by atoms with Gasteiger partial charge in [0, 0.05) is 19.6 Å². The van der Waals surface area contributed by atoms with Crippen molar-refractivity contribution < 1.29 is 4.79 Å². The first kappa shape index (κ1) is 15.0. The number of aryl methyl sites for hydroxylation is 1. The predicted molar refractivity (Wildman–Crippen MR) is 76.1 cm³/mol. The molecule has 0 aromatic heterocycles. The average Bonchev–Trinajstić information content (AvgIpc) is 2.27. The SMILES string of the molecule is CCc1ccc(CCNC(=O)C2CNC2)cc1.Cl. The van der Waals surface area contributed by atoms with Gasteiger partial charge in [0.05, 0.1) is 5.92 Å². The molecule has 100 valence electrons. The van der Waals surface area contributed by atoms with Gasteiger partial charge in [-0.3, -0.25) is 4.79 Å². The van der Waals surface area contributed by atoms with Gasteiger partial charge in [-0.1, -0.05) is 31.2 Å². The van der Waals surface area contributed by atoms with Crippen LogP contribution in [0, 0.1) is 5.92 Å². The normalized spacial score (nSPS) is 14.5. The smallest absolute Gasteiger partial charge is 0.225 e. The summed E-state index contributed by atoms with van der Waals surface area (Å²) < 4.78 is 0. The third-order valence-corrected chi connectivity index (χ3v) is 3.30. The van der Waals surface area contributed by atoms with Crippen molar-refractivity contribution in [3.63, 3.8) is 0 Å². The summed E-state index contributed by atoms with van der Waals surface area (Å²) in [4.78, 5) is 11.6. The molecule has 1 aliphatic rings. The molecule has 0 saturated carbocycles. The van der Waals surface area contributed by atoms with E-state index in [1.807, 2.05) is 0 Å². The van der Waals surface area contributed by atoms with E-state index in [-0.39, 0.29) is 24.2 Å². The number of hydrogen-bond donors (Lipinski definition) is 2. The van der Waals surface area contributed by atoms with E-state index in [1.165, 1.54) is 11.1 Å². The lowest BCUT2D eigenvalue weighted by atomic mass is 10.0. The van der Waals surface area contributed by atoms with E-state index in [0.717, 1.165) is 32.5 Å². The summed E-state index contributed by atoms with van der Waals surface area (Å²) in [5, 5.41) is 6.08. The minimum Gasteiger partial charge on any atom is -0.355 e. The molecule has 0 unspecified atom stereocenters. The van der Waals surface area contributed by atoms with Gasteiger partial charge < -0.3 is 10.6 Å². The topological polar surface area (TPSA) is 41.1 Å². The van der Waals surface area contributed by atoms with Crippen LogP contribution in [0.25, 0.3) is 0 Å². The number of rotatable bonds is 5. The van der Waals surface area contributed by atoms with Gasteiger partial charge >= 0.3 is 0 Å². The molecule has 18 heavy (non-hydrogen) atoms. The van der Waals surface area contributed by atoms with Crippen molar-refractivity contribution in [3.05, 3.63) is 35.4 Å². The van der Waals surface area contributed by atoms with Crippen LogP contribution in [-0.2, 0) is 17.6 Å². The molecule has 0 radical (unpaired) electrons. The van der Waals surface area contributed by atoms with Crippen molar-refractivity contribution in [2.45, 2.75) is 19.8 Å². The third-order valence-electron chi connectivity index (χ3n) is 3.30. The maximum absolute atomic E-state index is 11.6. The van der Waals surface area contributed by atoms with Crippen LogP contribution < -0.4 is 10.6 Å². The minimum atomic E-state index is 0. The highest BCUT2D eigenvalue weighted by Gasteiger charge is 2.23. The summed E-state index contributed by atoms with van der Waals surface area (Å²) in [6.45, 7) is 4.55. The van der Waals surface area contributed by atoms with E-state index in [0.29, 0.717) is 0 Å². The minimum absolute atomic E-state index is 0. The Hall–Kier alpha value is -1.06. The summed E-state index contributed by atoms with van der Waals surface area (Å²) in [7, 11) is 0. The summed E-state index contributed by atoms with van der Waals surface area (Å²) in [6, 6.07) is 8.62. The number of carbonyl (C=O) groups is 1. The lowest BCUT2D eigenvalue weighted by Gasteiger charge is -2.25. The van der Waals surface area contributed by atoms with Gasteiger partial charge in [0.25, 0.3) is 0 Å². The van der Waals surface area contributed by atoms with Crippen molar-refractivity contribution >= 4 is 18.3 Å². The first-order chi connectivity index (χ1) is 8.29. The van der Waals surface area contributed by atoms with Crippen molar-refractivity contribution in [2.24, 2.45) is 5.92 Å². The number of carbonyl (C=O) groups excluding carboxylic acids is 1. The molecule has 1 amide bonds. The second-order valence-electron chi connectivity index (χ2n) is 4.57. The lowest BCUT2D eigenvalue weighted by Crippen LogP contribution is -2.51. The summed E-state index contributed by atoms with van der Waals surface area (Å²) in [5.41, 5.74) is 2.65. The zero-order valence-corrected chi connectivity index (χ0v) is 11.6. The van der Waals surface area contributed by atoms with Crippen molar-refractivity contribution in [1.29, 1.82) is 0 Å². The van der Waals surface area contributed by atoms with Crippen molar-refractivity contribution in [1.82, 2.24) is 10.6 Å². The third kappa shape index (κ3) is 4.00. The molecule has 2 rings (SSSR count). The van der Waals surface area contributed by atoms with Gasteiger partial charge in [-0.05, 0) is 24.0 Å². The van der Waals surface area contributed by atoms with Crippen LogP contribution in [0.1, 0.15) is 18.1 Å². The van der Waals surface area contributed by atoms with Crippen molar-refractivity contribution in [2.75, 3.05) is 19.6 Å². The fourth-order valence-electron chi connectivity index (χ4n) is 1.89. The Bertz CT molecular complexity index is 374. The van der Waals surface area contributed by atoms with E-state index in [2.05, 4.69) is 41.8 Å². The zero-order valence-electron chi connectivity index (χ0n) is 10.7. The maximum Gasteiger partial charge on any atom is 0.225 e. The fourth-order valence-corrected chi connectivity index (χ4v) is 1.89. The van der Waals surface area contributed by atoms with E-state index in [9.17, 15) is 4.79 Å². The Morgan fingerprint density at radius 1 is 1.28 bits per heavy atom. The second kappa shape index (κ2) is 7.39. The molecule has 1 aliphatic heterocycles. The van der Waals surface area contributed by atoms with Gasteiger partial charge in [-0.15, -0.1) is 12.4 Å². The molecule has 1 heterocycles. The van der Waals surface area contributed by atoms with Crippen LogP contribution in [0.4, 0.5) is 0 Å². The molecule has 3 nitrogen and oxygen atoms in total. The highest BCUT2D eigenvalue weighted by Crippen LogP contribution is 2.06. The summed E-state index contributed by atoms with van der Waals surface area (Å²) >= 11 is 0. The van der Waals surface area contributed by atoms with Crippen LogP contribution in [-0.4, -0.2) is 25.5 Å². The predicted octanol–water partition coefficient (Wildman–Crippen LogP) is 1.55. The van der Waals surface area contributed by atoms with Gasteiger partial charge in [0.15, 0.2) is 0 Å². The zero-order chi connectivity index (χ0) is 12.1. The number of hydrogen-bond acceptors (Lipinski definition) is 2. The lowest BCUT2D eigenvalue weighted by molar-refractivity contribution is -0.126. The molecular weight excluding hydrogens is 248 g/mol. The van der Waals surface area contributed by atoms with Gasteiger partial charge in [0.2, 0.25) is 5.91 Å². The number of nitrogens with one attached hydrogen (secondary N) is 2. The van der Waals surface area contributed by atoms with Crippen LogP contribution in [0.5, 0.6) is 0 Å². The van der Waals surface area contributed by atoms with Gasteiger partial charge in [-0.25, -0.2) is 0 Å². The fraction of sp³-hybridized carbons (Fsp3) is 0.500. The molecule has 1 aromatic carbocycles. The van der Waals surface area contributed by atoms with Crippen LogP contribution in [0.15, 0.2) is 24.3 Å². The van der Waals surface area contributed by atoms with Gasteiger partial charge in [0.1, 0.15) is 0 Å². The Morgan fingerprint density at radius 3 is 2.39 bits per heavy atom. The quantitative estimate of drug-likeness (QED) is 0.851. The molecular formula is C14H21ClN2O.